The van der Waals surface area contributed by atoms with Gasteiger partial charge in [-0.05, 0) is 25.5 Å². The molecule has 0 saturated heterocycles. The van der Waals surface area contributed by atoms with E-state index in [1.165, 1.54) is 4.88 Å². The third-order valence-electron chi connectivity index (χ3n) is 1.86. The molecule has 1 aromatic heterocycles. The van der Waals surface area contributed by atoms with Crippen LogP contribution in [-0.2, 0) is 4.79 Å². The van der Waals surface area contributed by atoms with Gasteiger partial charge in [-0.15, -0.1) is 11.3 Å². The largest absolute Gasteiger partial charge is 0.550 e. The quantitative estimate of drug-likeness (QED) is 0.734. The van der Waals surface area contributed by atoms with Crippen molar-refractivity contribution in [1.82, 2.24) is 0 Å². The Balaban J connectivity index is 2.48. The average molecular weight is 199 g/mol. The first kappa shape index (κ1) is 10.2. The summed E-state index contributed by atoms with van der Waals surface area (Å²) in [7, 11) is 0. The van der Waals surface area contributed by atoms with Crippen LogP contribution in [0.25, 0.3) is 0 Å². The lowest BCUT2D eigenvalue weighted by Gasteiger charge is -2.06. The van der Waals surface area contributed by atoms with Crippen molar-refractivity contribution in [2.24, 2.45) is 0 Å². The minimum atomic E-state index is -0.998. The molecular formula is C9H13NO2S. The molecule has 72 valence electrons. The van der Waals surface area contributed by atoms with Gasteiger partial charge in [0.15, 0.2) is 0 Å². The van der Waals surface area contributed by atoms with Crippen LogP contribution in [0, 0.1) is 6.92 Å². The Hall–Kier alpha value is -0.870. The van der Waals surface area contributed by atoms with Gasteiger partial charge in [-0.3, -0.25) is 0 Å². The smallest absolute Gasteiger partial charge is 0.120 e. The molecule has 1 atom stereocenters. The third-order valence-corrected chi connectivity index (χ3v) is 3.02. The average Bonchev–Trinajstić information content (AvgIpc) is 2.47. The second-order valence-corrected chi connectivity index (χ2v) is 4.38. The lowest BCUT2D eigenvalue weighted by Crippen LogP contribution is -2.53. The number of carboxylic acids is 1. The molecule has 1 aromatic rings. The summed E-state index contributed by atoms with van der Waals surface area (Å²) < 4.78 is 0. The van der Waals surface area contributed by atoms with E-state index in [9.17, 15) is 9.90 Å². The Labute approximate surface area is 81.2 Å². The van der Waals surface area contributed by atoms with E-state index in [1.54, 1.807) is 11.3 Å². The SMILES string of the molecule is Cc1ccc([C@H]([NH3+])CCC(=O)[O-])s1. The fraction of sp³-hybridized carbons (Fsp3) is 0.444. The summed E-state index contributed by atoms with van der Waals surface area (Å²) in [6, 6.07) is 4.11. The van der Waals surface area contributed by atoms with E-state index in [4.69, 9.17) is 0 Å². The van der Waals surface area contributed by atoms with Crippen molar-refractivity contribution >= 4 is 17.3 Å². The fourth-order valence-corrected chi connectivity index (χ4v) is 2.04. The first-order chi connectivity index (χ1) is 6.09. The van der Waals surface area contributed by atoms with E-state index < -0.39 is 5.97 Å². The molecule has 1 heterocycles. The molecule has 3 N–H and O–H groups in total. The Bertz CT molecular complexity index is 296. The molecule has 0 aromatic carbocycles. The first-order valence-corrected chi connectivity index (χ1v) is 5.00. The fourth-order valence-electron chi connectivity index (χ4n) is 1.11. The summed E-state index contributed by atoms with van der Waals surface area (Å²) in [5.41, 5.74) is 3.91. The van der Waals surface area contributed by atoms with Crippen LogP contribution < -0.4 is 10.8 Å². The zero-order chi connectivity index (χ0) is 9.84. The summed E-state index contributed by atoms with van der Waals surface area (Å²) in [6.07, 6.45) is 0.646. The second kappa shape index (κ2) is 4.39. The Kier molecular flexibility index (Phi) is 3.45. The second-order valence-electron chi connectivity index (χ2n) is 3.06. The minimum Gasteiger partial charge on any atom is -0.550 e. The highest BCUT2D eigenvalue weighted by Gasteiger charge is 2.10. The van der Waals surface area contributed by atoms with Crippen molar-refractivity contribution < 1.29 is 15.6 Å². The highest BCUT2D eigenvalue weighted by molar-refractivity contribution is 7.11. The number of aryl methyl sites for hydroxylation is 1. The molecule has 0 fully saturated rings. The maximum Gasteiger partial charge on any atom is 0.120 e. The number of thiophene rings is 1. The van der Waals surface area contributed by atoms with Crippen LogP contribution in [0.1, 0.15) is 28.6 Å². The topological polar surface area (TPSA) is 67.8 Å². The number of carbonyl (C=O) groups excluding carboxylic acids is 1. The minimum absolute atomic E-state index is 0.0802. The number of hydrogen-bond donors (Lipinski definition) is 1. The molecule has 0 spiro atoms. The molecule has 1 rings (SSSR count). The standard InChI is InChI=1S/C9H13NO2S/c1-6-2-4-8(13-6)7(10)3-5-9(11)12/h2,4,7H,3,5,10H2,1H3,(H,11,12)/t7-/m1/s1. The summed E-state index contributed by atoms with van der Waals surface area (Å²) >= 11 is 1.67. The monoisotopic (exact) mass is 199 g/mol. The van der Waals surface area contributed by atoms with Gasteiger partial charge in [-0.2, -0.15) is 0 Å². The van der Waals surface area contributed by atoms with Crippen molar-refractivity contribution in [2.75, 3.05) is 0 Å². The number of quaternary nitrogens is 1. The van der Waals surface area contributed by atoms with Gasteiger partial charge >= 0.3 is 0 Å². The highest BCUT2D eigenvalue weighted by atomic mass is 32.1. The molecule has 0 radical (unpaired) electrons. The van der Waals surface area contributed by atoms with E-state index >= 15 is 0 Å². The summed E-state index contributed by atoms with van der Waals surface area (Å²) in [5, 5.41) is 10.2. The van der Waals surface area contributed by atoms with Crippen LogP contribution in [0.5, 0.6) is 0 Å². The van der Waals surface area contributed by atoms with Crippen molar-refractivity contribution in [2.45, 2.75) is 25.8 Å². The number of rotatable bonds is 4. The zero-order valence-corrected chi connectivity index (χ0v) is 8.39. The zero-order valence-electron chi connectivity index (χ0n) is 7.58. The van der Waals surface area contributed by atoms with E-state index in [0.29, 0.717) is 6.42 Å². The molecule has 0 aliphatic rings. The molecule has 0 amide bonds. The lowest BCUT2D eigenvalue weighted by atomic mass is 10.1. The van der Waals surface area contributed by atoms with Gasteiger partial charge in [0.2, 0.25) is 0 Å². The van der Waals surface area contributed by atoms with Gasteiger partial charge in [0, 0.05) is 17.3 Å². The molecule has 0 aliphatic carbocycles. The predicted molar refractivity (Wildman–Crippen MR) is 48.9 cm³/mol. The van der Waals surface area contributed by atoms with Crippen LogP contribution in [0.15, 0.2) is 12.1 Å². The van der Waals surface area contributed by atoms with Gasteiger partial charge < -0.3 is 15.6 Å². The van der Waals surface area contributed by atoms with Crippen molar-refractivity contribution in [3.05, 3.63) is 21.9 Å². The molecule has 0 saturated carbocycles. The van der Waals surface area contributed by atoms with E-state index in [0.717, 1.165) is 4.88 Å². The molecule has 4 heteroatoms. The van der Waals surface area contributed by atoms with Gasteiger partial charge in [-0.1, -0.05) is 0 Å². The van der Waals surface area contributed by atoms with Gasteiger partial charge in [0.25, 0.3) is 0 Å². The maximum absolute atomic E-state index is 10.2. The summed E-state index contributed by atoms with van der Waals surface area (Å²) in [4.78, 5) is 12.6. The highest BCUT2D eigenvalue weighted by Crippen LogP contribution is 2.22. The maximum atomic E-state index is 10.2. The predicted octanol–water partition coefficient (Wildman–Crippen LogP) is -0.130. The Morgan fingerprint density at radius 1 is 1.69 bits per heavy atom. The molecule has 0 unspecified atom stereocenters. The number of carbonyl (C=O) groups is 1. The van der Waals surface area contributed by atoms with Crippen molar-refractivity contribution in [3.63, 3.8) is 0 Å². The van der Waals surface area contributed by atoms with E-state index in [-0.39, 0.29) is 12.5 Å². The molecule has 3 nitrogen and oxygen atoms in total. The lowest BCUT2D eigenvalue weighted by molar-refractivity contribution is -0.427. The first-order valence-electron chi connectivity index (χ1n) is 4.19. The Morgan fingerprint density at radius 2 is 2.38 bits per heavy atom. The van der Waals surface area contributed by atoms with Gasteiger partial charge in [0.05, 0.1) is 4.88 Å². The van der Waals surface area contributed by atoms with Crippen LogP contribution >= 0.6 is 11.3 Å². The molecular weight excluding hydrogens is 186 g/mol. The molecule has 0 aliphatic heterocycles. The van der Waals surface area contributed by atoms with E-state index in [1.807, 2.05) is 19.1 Å². The van der Waals surface area contributed by atoms with Crippen molar-refractivity contribution in [3.8, 4) is 0 Å². The number of hydrogen-bond acceptors (Lipinski definition) is 3. The van der Waals surface area contributed by atoms with Crippen LogP contribution in [0.4, 0.5) is 0 Å². The number of carboxylic acid groups (broad SMARTS) is 1. The van der Waals surface area contributed by atoms with Crippen LogP contribution in [0.2, 0.25) is 0 Å². The third kappa shape index (κ3) is 3.16. The van der Waals surface area contributed by atoms with Crippen LogP contribution in [0.3, 0.4) is 0 Å². The van der Waals surface area contributed by atoms with Gasteiger partial charge in [-0.25, -0.2) is 0 Å². The Morgan fingerprint density at radius 3 is 2.85 bits per heavy atom. The van der Waals surface area contributed by atoms with Gasteiger partial charge in [0.1, 0.15) is 6.04 Å². The van der Waals surface area contributed by atoms with E-state index in [2.05, 4.69) is 5.73 Å². The molecule has 0 bridgehead atoms. The molecule has 13 heavy (non-hydrogen) atoms. The summed E-state index contributed by atoms with van der Waals surface area (Å²) in [5.74, 6) is -0.998. The van der Waals surface area contributed by atoms with Crippen molar-refractivity contribution in [1.29, 1.82) is 0 Å². The number of aliphatic carboxylic acids is 1. The normalized spacial score (nSPS) is 12.8. The summed E-state index contributed by atoms with van der Waals surface area (Å²) in [6.45, 7) is 2.03. The van der Waals surface area contributed by atoms with Crippen LogP contribution in [-0.4, -0.2) is 5.97 Å².